The zero-order valence-electron chi connectivity index (χ0n) is 12.2. The molecule has 2 rings (SSSR count). The molecular weight excluding hydrogens is 346 g/mol. The van der Waals surface area contributed by atoms with E-state index in [0.29, 0.717) is 17.0 Å². The second kappa shape index (κ2) is 6.31. The second-order valence-corrected chi connectivity index (χ2v) is 9.85. The number of sulfonamides is 1. The molecule has 1 heterocycles. The van der Waals surface area contributed by atoms with E-state index in [9.17, 15) is 16.8 Å². The Bertz CT molecular complexity index is 787. The SMILES string of the molecule is C=CCN([C@@H]1CCS(=O)(=O)C1)S(=O)(=O)c1cc(Cl)ccc1C. The van der Waals surface area contributed by atoms with Gasteiger partial charge in [-0.05, 0) is 31.0 Å². The molecule has 122 valence electrons. The average Bonchev–Trinajstić information content (AvgIpc) is 2.78. The largest absolute Gasteiger partial charge is 0.243 e. The summed E-state index contributed by atoms with van der Waals surface area (Å²) in [5.74, 6) is -0.144. The average molecular weight is 364 g/mol. The van der Waals surface area contributed by atoms with E-state index in [0.717, 1.165) is 0 Å². The summed E-state index contributed by atoms with van der Waals surface area (Å²) in [6.07, 6.45) is 1.76. The fraction of sp³-hybridized carbons (Fsp3) is 0.429. The summed E-state index contributed by atoms with van der Waals surface area (Å²) in [5.41, 5.74) is 0.569. The summed E-state index contributed by atoms with van der Waals surface area (Å²) in [6, 6.07) is 4.08. The van der Waals surface area contributed by atoms with E-state index in [1.807, 2.05) is 0 Å². The van der Waals surface area contributed by atoms with Crippen LogP contribution in [-0.4, -0.2) is 45.2 Å². The molecule has 1 aliphatic heterocycles. The summed E-state index contributed by atoms with van der Waals surface area (Å²) in [7, 11) is -7.02. The van der Waals surface area contributed by atoms with E-state index in [1.54, 1.807) is 19.1 Å². The van der Waals surface area contributed by atoms with Crippen molar-refractivity contribution in [3.63, 3.8) is 0 Å². The van der Waals surface area contributed by atoms with Gasteiger partial charge in [-0.2, -0.15) is 4.31 Å². The molecule has 8 heteroatoms. The topological polar surface area (TPSA) is 71.5 Å². The minimum atomic E-state index is -3.84. The third kappa shape index (κ3) is 3.53. The van der Waals surface area contributed by atoms with Crippen molar-refractivity contribution in [1.29, 1.82) is 0 Å². The van der Waals surface area contributed by atoms with E-state index in [-0.39, 0.29) is 22.9 Å². The van der Waals surface area contributed by atoms with Crippen molar-refractivity contribution < 1.29 is 16.8 Å². The van der Waals surface area contributed by atoms with Crippen LogP contribution in [0, 0.1) is 6.92 Å². The molecule has 0 saturated carbocycles. The number of nitrogens with zero attached hydrogens (tertiary/aromatic N) is 1. The Hall–Kier alpha value is -0.890. The molecule has 1 aliphatic rings. The number of benzene rings is 1. The zero-order chi connectivity index (χ0) is 16.5. The van der Waals surface area contributed by atoms with E-state index >= 15 is 0 Å². The molecule has 0 aliphatic carbocycles. The van der Waals surface area contributed by atoms with Crippen LogP contribution < -0.4 is 0 Å². The van der Waals surface area contributed by atoms with E-state index in [2.05, 4.69) is 6.58 Å². The van der Waals surface area contributed by atoms with Crippen LogP contribution in [0.3, 0.4) is 0 Å². The van der Waals surface area contributed by atoms with Gasteiger partial charge in [-0.25, -0.2) is 16.8 Å². The Morgan fingerprint density at radius 2 is 2.14 bits per heavy atom. The molecule has 1 fully saturated rings. The molecule has 0 spiro atoms. The maximum Gasteiger partial charge on any atom is 0.243 e. The molecular formula is C14H18ClNO4S2. The summed E-state index contributed by atoms with van der Waals surface area (Å²) >= 11 is 5.91. The first-order valence-corrected chi connectivity index (χ1v) is 10.4. The minimum Gasteiger partial charge on any atom is -0.229 e. The number of aryl methyl sites for hydroxylation is 1. The highest BCUT2D eigenvalue weighted by atomic mass is 35.5. The van der Waals surface area contributed by atoms with Crippen molar-refractivity contribution in [3.05, 3.63) is 41.4 Å². The maximum absolute atomic E-state index is 12.9. The number of rotatable bonds is 5. The summed E-state index contributed by atoms with van der Waals surface area (Å²) in [4.78, 5) is 0.103. The Morgan fingerprint density at radius 1 is 1.45 bits per heavy atom. The molecule has 0 N–H and O–H groups in total. The molecule has 0 unspecified atom stereocenters. The van der Waals surface area contributed by atoms with Crippen molar-refractivity contribution in [2.24, 2.45) is 0 Å². The Labute approximate surface area is 136 Å². The van der Waals surface area contributed by atoms with Gasteiger partial charge in [0.15, 0.2) is 9.84 Å². The maximum atomic E-state index is 12.9. The first-order valence-electron chi connectivity index (χ1n) is 6.77. The highest BCUT2D eigenvalue weighted by molar-refractivity contribution is 7.92. The van der Waals surface area contributed by atoms with Gasteiger partial charge in [0, 0.05) is 17.6 Å². The van der Waals surface area contributed by atoms with Crippen LogP contribution in [0.2, 0.25) is 5.02 Å². The Morgan fingerprint density at radius 3 is 2.68 bits per heavy atom. The van der Waals surface area contributed by atoms with E-state index in [4.69, 9.17) is 11.6 Å². The fourth-order valence-electron chi connectivity index (χ4n) is 2.55. The van der Waals surface area contributed by atoms with Gasteiger partial charge in [-0.3, -0.25) is 0 Å². The second-order valence-electron chi connectivity index (χ2n) is 5.33. The number of hydrogen-bond acceptors (Lipinski definition) is 4. The fourth-order valence-corrected chi connectivity index (χ4v) is 6.49. The van der Waals surface area contributed by atoms with Gasteiger partial charge in [-0.1, -0.05) is 23.7 Å². The van der Waals surface area contributed by atoms with Crippen molar-refractivity contribution in [3.8, 4) is 0 Å². The lowest BCUT2D eigenvalue weighted by Crippen LogP contribution is -2.41. The van der Waals surface area contributed by atoms with Gasteiger partial charge in [0.05, 0.1) is 16.4 Å². The summed E-state index contributed by atoms with van der Waals surface area (Å²) < 4.78 is 50.4. The summed E-state index contributed by atoms with van der Waals surface area (Å²) in [5, 5.41) is 0.321. The molecule has 0 radical (unpaired) electrons. The number of sulfone groups is 1. The first kappa shape index (κ1) is 17.5. The van der Waals surface area contributed by atoms with Crippen LogP contribution in [0.25, 0.3) is 0 Å². The lowest BCUT2D eigenvalue weighted by atomic mass is 10.2. The van der Waals surface area contributed by atoms with Gasteiger partial charge in [0.25, 0.3) is 0 Å². The van der Waals surface area contributed by atoms with Crippen molar-refractivity contribution in [1.82, 2.24) is 4.31 Å². The predicted molar refractivity (Wildman–Crippen MR) is 87.3 cm³/mol. The van der Waals surface area contributed by atoms with Crippen LogP contribution >= 0.6 is 11.6 Å². The summed E-state index contributed by atoms with van der Waals surface area (Å²) in [6.45, 7) is 5.32. The molecule has 1 saturated heterocycles. The molecule has 1 aromatic carbocycles. The Kier molecular flexibility index (Phi) is 5.01. The standard InChI is InChI=1S/C14H18ClNO4S2/c1-3-7-16(13-6-8-21(17,18)10-13)22(19,20)14-9-12(15)5-4-11(14)2/h3-5,9,13H,1,6-8,10H2,2H3/t13-/m1/s1. The van der Waals surface area contributed by atoms with Gasteiger partial charge >= 0.3 is 0 Å². The minimum absolute atomic E-state index is 0.00928. The van der Waals surface area contributed by atoms with Crippen molar-refractivity contribution in [2.75, 3.05) is 18.1 Å². The number of halogens is 1. The van der Waals surface area contributed by atoms with Gasteiger partial charge in [-0.15, -0.1) is 6.58 Å². The molecule has 0 bridgehead atoms. The zero-order valence-corrected chi connectivity index (χ0v) is 14.6. The molecule has 1 atom stereocenters. The van der Waals surface area contributed by atoms with Crippen LogP contribution in [0.4, 0.5) is 0 Å². The normalized spacial score (nSPS) is 21.1. The van der Waals surface area contributed by atoms with E-state index < -0.39 is 25.9 Å². The highest BCUT2D eigenvalue weighted by Crippen LogP contribution is 2.28. The quantitative estimate of drug-likeness (QED) is 0.750. The monoisotopic (exact) mass is 363 g/mol. The third-order valence-electron chi connectivity index (χ3n) is 3.66. The third-order valence-corrected chi connectivity index (χ3v) is 7.71. The van der Waals surface area contributed by atoms with Crippen molar-refractivity contribution in [2.45, 2.75) is 24.3 Å². The van der Waals surface area contributed by atoms with E-state index in [1.165, 1.54) is 16.4 Å². The highest BCUT2D eigenvalue weighted by Gasteiger charge is 2.38. The number of hydrogen-bond donors (Lipinski definition) is 0. The molecule has 22 heavy (non-hydrogen) atoms. The van der Waals surface area contributed by atoms with Crippen LogP contribution in [0.5, 0.6) is 0 Å². The van der Waals surface area contributed by atoms with Gasteiger partial charge in [0.1, 0.15) is 0 Å². The molecule has 0 amide bonds. The molecule has 1 aromatic rings. The molecule has 5 nitrogen and oxygen atoms in total. The lowest BCUT2D eigenvalue weighted by molar-refractivity contribution is 0.367. The van der Waals surface area contributed by atoms with Crippen molar-refractivity contribution >= 4 is 31.5 Å². The van der Waals surface area contributed by atoms with Crippen LogP contribution in [-0.2, 0) is 19.9 Å². The molecule has 0 aromatic heterocycles. The predicted octanol–water partition coefficient (Wildman–Crippen LogP) is 2.01. The van der Waals surface area contributed by atoms with Crippen LogP contribution in [0.1, 0.15) is 12.0 Å². The van der Waals surface area contributed by atoms with Gasteiger partial charge < -0.3 is 0 Å². The smallest absolute Gasteiger partial charge is 0.229 e. The van der Waals surface area contributed by atoms with Crippen LogP contribution in [0.15, 0.2) is 35.7 Å². The first-order chi connectivity index (χ1) is 10.2. The lowest BCUT2D eigenvalue weighted by Gasteiger charge is -2.27. The van der Waals surface area contributed by atoms with Gasteiger partial charge in [0.2, 0.25) is 10.0 Å². The Balaban J connectivity index is 2.47.